The molecule has 1 rings (SSSR count). The van der Waals surface area contributed by atoms with E-state index in [-0.39, 0.29) is 0 Å². The molecule has 1 heterocycles. The highest BCUT2D eigenvalue weighted by atomic mass is 16.5. The highest BCUT2D eigenvalue weighted by Gasteiger charge is 2.25. The Morgan fingerprint density at radius 2 is 2.20 bits per heavy atom. The maximum Gasteiger partial charge on any atom is 0.0710 e. The molecule has 3 atom stereocenters. The number of methoxy groups -OCH3 is 1. The highest BCUT2D eigenvalue weighted by molar-refractivity contribution is 4.81. The molecule has 0 aromatic heterocycles. The fourth-order valence-corrected chi connectivity index (χ4v) is 1.99. The largest absolute Gasteiger partial charge is 0.380 e. The predicted octanol–water partition coefficient (Wildman–Crippen LogP) is 1.48. The van der Waals surface area contributed by atoms with Crippen molar-refractivity contribution in [2.24, 2.45) is 0 Å². The van der Waals surface area contributed by atoms with Crippen molar-refractivity contribution in [3.8, 4) is 0 Å². The Labute approximate surface area is 94.2 Å². The third-order valence-corrected chi connectivity index (χ3v) is 3.51. The molecule has 1 fully saturated rings. The van der Waals surface area contributed by atoms with Crippen LogP contribution in [0.3, 0.4) is 0 Å². The average Bonchev–Trinajstić information content (AvgIpc) is 2.73. The molecule has 1 aliphatic rings. The van der Waals surface area contributed by atoms with Gasteiger partial charge in [-0.2, -0.15) is 0 Å². The number of hydrogen-bond donors (Lipinski definition) is 1. The van der Waals surface area contributed by atoms with Gasteiger partial charge in [-0.25, -0.2) is 0 Å². The van der Waals surface area contributed by atoms with Crippen LogP contribution in [0.5, 0.6) is 0 Å². The third kappa shape index (κ3) is 4.09. The third-order valence-electron chi connectivity index (χ3n) is 3.51. The first-order valence-corrected chi connectivity index (χ1v) is 6.17. The summed E-state index contributed by atoms with van der Waals surface area (Å²) in [6, 6.07) is 1.26. The van der Waals surface area contributed by atoms with E-state index >= 15 is 0 Å². The molecule has 0 aromatic carbocycles. The Hall–Kier alpha value is -0.120. The van der Waals surface area contributed by atoms with Crippen LogP contribution in [0.2, 0.25) is 0 Å². The summed E-state index contributed by atoms with van der Waals surface area (Å²) < 4.78 is 5.38. The molecule has 1 saturated heterocycles. The van der Waals surface area contributed by atoms with Crippen molar-refractivity contribution in [2.75, 3.05) is 26.7 Å². The minimum atomic E-state index is 0.455. The van der Waals surface area contributed by atoms with Gasteiger partial charge >= 0.3 is 0 Å². The smallest absolute Gasteiger partial charge is 0.0710 e. The quantitative estimate of drug-likeness (QED) is 0.725. The first-order chi connectivity index (χ1) is 7.17. The highest BCUT2D eigenvalue weighted by Crippen LogP contribution is 2.14. The molecule has 0 aliphatic carbocycles. The maximum atomic E-state index is 5.38. The number of nitrogens with zero attached hydrogens (tertiary/aromatic N) is 1. The molecule has 15 heavy (non-hydrogen) atoms. The van der Waals surface area contributed by atoms with Gasteiger partial charge in [-0.15, -0.1) is 0 Å². The summed E-state index contributed by atoms with van der Waals surface area (Å²) in [5.41, 5.74) is 0. The van der Waals surface area contributed by atoms with Crippen LogP contribution < -0.4 is 5.32 Å². The zero-order valence-corrected chi connectivity index (χ0v) is 10.6. The SMILES string of the molecule is CCC(C)NCC(C)N1CCC(OC)C1. The molecular formula is C12H26N2O. The molecule has 0 amide bonds. The summed E-state index contributed by atoms with van der Waals surface area (Å²) in [5, 5.41) is 3.56. The van der Waals surface area contributed by atoms with E-state index in [1.807, 2.05) is 7.11 Å². The zero-order valence-electron chi connectivity index (χ0n) is 10.6. The van der Waals surface area contributed by atoms with Crippen molar-refractivity contribution in [1.29, 1.82) is 0 Å². The molecule has 90 valence electrons. The Morgan fingerprint density at radius 1 is 1.47 bits per heavy atom. The van der Waals surface area contributed by atoms with E-state index in [2.05, 4.69) is 31.0 Å². The Morgan fingerprint density at radius 3 is 2.73 bits per heavy atom. The monoisotopic (exact) mass is 214 g/mol. The van der Waals surface area contributed by atoms with Crippen molar-refractivity contribution in [3.63, 3.8) is 0 Å². The zero-order chi connectivity index (χ0) is 11.3. The van der Waals surface area contributed by atoms with Gasteiger partial charge in [-0.1, -0.05) is 6.92 Å². The van der Waals surface area contributed by atoms with E-state index in [0.717, 1.165) is 13.1 Å². The van der Waals surface area contributed by atoms with Crippen LogP contribution in [-0.2, 0) is 4.74 Å². The van der Waals surface area contributed by atoms with Crippen molar-refractivity contribution in [3.05, 3.63) is 0 Å². The molecule has 1 N–H and O–H groups in total. The number of hydrogen-bond acceptors (Lipinski definition) is 3. The second kappa shape index (κ2) is 6.46. The van der Waals surface area contributed by atoms with E-state index < -0.39 is 0 Å². The van der Waals surface area contributed by atoms with Gasteiger partial charge in [0.15, 0.2) is 0 Å². The lowest BCUT2D eigenvalue weighted by molar-refractivity contribution is 0.102. The van der Waals surface area contributed by atoms with Crippen LogP contribution in [0.25, 0.3) is 0 Å². The molecule has 0 radical (unpaired) electrons. The first-order valence-electron chi connectivity index (χ1n) is 6.17. The predicted molar refractivity (Wildman–Crippen MR) is 64.2 cm³/mol. The Balaban J connectivity index is 2.20. The molecule has 0 saturated carbocycles. The van der Waals surface area contributed by atoms with Gasteiger partial charge < -0.3 is 10.1 Å². The van der Waals surface area contributed by atoms with Crippen molar-refractivity contribution >= 4 is 0 Å². The van der Waals surface area contributed by atoms with Crippen molar-refractivity contribution < 1.29 is 4.74 Å². The normalized spacial score (nSPS) is 26.8. The van der Waals surface area contributed by atoms with Crippen LogP contribution in [0.15, 0.2) is 0 Å². The fourth-order valence-electron chi connectivity index (χ4n) is 1.99. The summed E-state index contributed by atoms with van der Waals surface area (Å²) in [6.07, 6.45) is 2.84. The van der Waals surface area contributed by atoms with Crippen LogP contribution in [0.1, 0.15) is 33.6 Å². The summed E-state index contributed by atoms with van der Waals surface area (Å²) in [7, 11) is 1.82. The summed E-state index contributed by atoms with van der Waals surface area (Å²) in [6.45, 7) is 10.1. The van der Waals surface area contributed by atoms with Gasteiger partial charge in [0.1, 0.15) is 0 Å². The Kier molecular flexibility index (Phi) is 5.58. The minimum Gasteiger partial charge on any atom is -0.380 e. The molecule has 1 aliphatic heterocycles. The van der Waals surface area contributed by atoms with E-state index in [1.165, 1.54) is 19.4 Å². The number of rotatable bonds is 6. The Bertz CT molecular complexity index is 175. The van der Waals surface area contributed by atoms with E-state index in [9.17, 15) is 0 Å². The molecule has 3 heteroatoms. The van der Waals surface area contributed by atoms with Gasteiger partial charge in [-0.3, -0.25) is 4.90 Å². The van der Waals surface area contributed by atoms with Crippen LogP contribution >= 0.6 is 0 Å². The number of ether oxygens (including phenoxy) is 1. The summed E-state index contributed by atoms with van der Waals surface area (Å²) in [5.74, 6) is 0. The van der Waals surface area contributed by atoms with Crippen molar-refractivity contribution in [1.82, 2.24) is 10.2 Å². The fraction of sp³-hybridized carbons (Fsp3) is 1.00. The van der Waals surface area contributed by atoms with Crippen LogP contribution in [-0.4, -0.2) is 49.8 Å². The lowest BCUT2D eigenvalue weighted by atomic mass is 10.2. The molecule has 0 spiro atoms. The summed E-state index contributed by atoms with van der Waals surface area (Å²) in [4.78, 5) is 2.52. The van der Waals surface area contributed by atoms with Crippen molar-refractivity contribution in [2.45, 2.75) is 51.8 Å². The van der Waals surface area contributed by atoms with Gasteiger partial charge in [-0.05, 0) is 26.7 Å². The van der Waals surface area contributed by atoms with Crippen LogP contribution in [0, 0.1) is 0 Å². The lowest BCUT2D eigenvalue weighted by Gasteiger charge is -2.25. The van der Waals surface area contributed by atoms with Gasteiger partial charge in [0.05, 0.1) is 6.10 Å². The summed E-state index contributed by atoms with van der Waals surface area (Å²) >= 11 is 0. The second-order valence-electron chi connectivity index (χ2n) is 4.71. The van der Waals surface area contributed by atoms with Gasteiger partial charge in [0.25, 0.3) is 0 Å². The molecule has 3 nitrogen and oxygen atoms in total. The number of likely N-dealkylation sites (tertiary alicyclic amines) is 1. The maximum absolute atomic E-state index is 5.38. The molecule has 0 aromatic rings. The lowest BCUT2D eigenvalue weighted by Crippen LogP contribution is -2.42. The topological polar surface area (TPSA) is 24.5 Å². The first kappa shape index (κ1) is 12.9. The average molecular weight is 214 g/mol. The van der Waals surface area contributed by atoms with E-state index in [4.69, 9.17) is 4.74 Å². The molecular weight excluding hydrogens is 188 g/mol. The van der Waals surface area contributed by atoms with E-state index in [0.29, 0.717) is 18.2 Å². The van der Waals surface area contributed by atoms with Gasteiger partial charge in [0, 0.05) is 38.8 Å². The van der Waals surface area contributed by atoms with Crippen LogP contribution in [0.4, 0.5) is 0 Å². The minimum absolute atomic E-state index is 0.455. The second-order valence-corrected chi connectivity index (χ2v) is 4.71. The van der Waals surface area contributed by atoms with E-state index in [1.54, 1.807) is 0 Å². The van der Waals surface area contributed by atoms with Gasteiger partial charge in [0.2, 0.25) is 0 Å². The number of nitrogens with one attached hydrogen (secondary N) is 1. The standard InChI is InChI=1S/C12H26N2O/c1-5-10(2)13-8-11(3)14-7-6-12(9-14)15-4/h10-13H,5-9H2,1-4H3. The molecule has 0 bridgehead atoms. The molecule has 3 unspecified atom stereocenters.